The summed E-state index contributed by atoms with van der Waals surface area (Å²) < 4.78 is 6.58. The van der Waals surface area contributed by atoms with Crippen molar-refractivity contribution in [2.45, 2.75) is 70.4 Å². The van der Waals surface area contributed by atoms with Crippen molar-refractivity contribution in [3.05, 3.63) is 34.3 Å². The maximum atomic E-state index is 12.7. The van der Waals surface area contributed by atoms with Crippen LogP contribution in [0, 0.1) is 5.92 Å². The summed E-state index contributed by atoms with van der Waals surface area (Å²) in [6.07, 6.45) is 4.22. The van der Waals surface area contributed by atoms with Gasteiger partial charge in [0.15, 0.2) is 0 Å². The van der Waals surface area contributed by atoms with E-state index in [0.29, 0.717) is 5.92 Å². The average molecular weight is 451 g/mol. The van der Waals surface area contributed by atoms with Gasteiger partial charge in [-0.05, 0) is 70.6 Å². The van der Waals surface area contributed by atoms with Crippen LogP contribution in [0.3, 0.4) is 0 Å². The molecule has 3 rings (SSSR count). The Morgan fingerprint density at radius 2 is 1.86 bits per heavy atom. The molecule has 1 aromatic rings. The van der Waals surface area contributed by atoms with Crippen LogP contribution < -0.4 is 5.32 Å². The molecule has 6 heteroatoms. The molecule has 1 aromatic carbocycles. The van der Waals surface area contributed by atoms with Crippen LogP contribution in [0.4, 0.5) is 4.79 Å². The van der Waals surface area contributed by atoms with Crippen LogP contribution in [-0.2, 0) is 9.53 Å². The van der Waals surface area contributed by atoms with Crippen molar-refractivity contribution in [1.82, 2.24) is 10.2 Å². The summed E-state index contributed by atoms with van der Waals surface area (Å²) in [5.41, 5.74) is 0.838. The van der Waals surface area contributed by atoms with E-state index in [1.54, 1.807) is 0 Å². The number of halogens is 1. The molecule has 0 spiro atoms. The van der Waals surface area contributed by atoms with E-state index in [9.17, 15) is 9.59 Å². The SMILES string of the molecule is CC(C)(C)OC(=O)C1CCC(NC(=O)N2CCC(c3cccc(Br)c3)C2)CC1. The Hall–Kier alpha value is -1.56. The van der Waals surface area contributed by atoms with Crippen molar-refractivity contribution in [2.75, 3.05) is 13.1 Å². The molecule has 1 atom stereocenters. The smallest absolute Gasteiger partial charge is 0.317 e. The maximum Gasteiger partial charge on any atom is 0.317 e. The Balaban J connectivity index is 1.44. The fraction of sp³-hybridized carbons (Fsp3) is 0.636. The molecule has 1 aliphatic carbocycles. The second-order valence-electron chi connectivity index (χ2n) is 9.02. The molecule has 154 valence electrons. The molecule has 2 amide bonds. The second-order valence-corrected chi connectivity index (χ2v) is 9.93. The van der Waals surface area contributed by atoms with Gasteiger partial charge in [-0.2, -0.15) is 0 Å². The minimum Gasteiger partial charge on any atom is -0.460 e. The minimum absolute atomic E-state index is 0.0261. The highest BCUT2D eigenvalue weighted by Crippen LogP contribution is 2.30. The number of hydrogen-bond acceptors (Lipinski definition) is 3. The van der Waals surface area contributed by atoms with Crippen molar-refractivity contribution < 1.29 is 14.3 Å². The normalized spacial score (nSPS) is 25.4. The lowest BCUT2D eigenvalue weighted by Crippen LogP contribution is -2.45. The van der Waals surface area contributed by atoms with Gasteiger partial charge in [0.05, 0.1) is 5.92 Å². The first-order valence-corrected chi connectivity index (χ1v) is 11.0. The number of nitrogens with one attached hydrogen (secondary N) is 1. The highest BCUT2D eigenvalue weighted by molar-refractivity contribution is 9.10. The standard InChI is InChI=1S/C22H31BrN2O3/c1-22(2,3)28-20(26)15-7-9-19(10-8-15)24-21(27)25-12-11-17(14-25)16-5-4-6-18(23)13-16/h4-6,13,15,17,19H,7-12,14H2,1-3H3,(H,24,27). The Morgan fingerprint density at radius 3 is 2.50 bits per heavy atom. The summed E-state index contributed by atoms with van der Waals surface area (Å²) in [4.78, 5) is 26.8. The first-order chi connectivity index (χ1) is 13.2. The van der Waals surface area contributed by atoms with Crippen molar-refractivity contribution in [2.24, 2.45) is 5.92 Å². The zero-order valence-corrected chi connectivity index (χ0v) is 18.6. The van der Waals surface area contributed by atoms with Gasteiger partial charge in [0, 0.05) is 29.5 Å². The number of urea groups is 1. The van der Waals surface area contributed by atoms with Crippen molar-refractivity contribution >= 4 is 27.9 Å². The van der Waals surface area contributed by atoms with Crippen LogP contribution in [0.15, 0.2) is 28.7 Å². The quantitative estimate of drug-likeness (QED) is 0.669. The Morgan fingerprint density at radius 1 is 1.14 bits per heavy atom. The van der Waals surface area contributed by atoms with Gasteiger partial charge in [-0.15, -0.1) is 0 Å². The lowest BCUT2D eigenvalue weighted by atomic mass is 9.86. The number of benzene rings is 1. The summed E-state index contributed by atoms with van der Waals surface area (Å²) in [5, 5.41) is 3.18. The first-order valence-electron chi connectivity index (χ1n) is 10.2. The average Bonchev–Trinajstić information content (AvgIpc) is 3.11. The third-order valence-corrected chi connectivity index (χ3v) is 6.08. The van der Waals surface area contributed by atoms with Crippen LogP contribution in [0.5, 0.6) is 0 Å². The molecule has 1 aliphatic heterocycles. The van der Waals surface area contributed by atoms with Crippen LogP contribution in [-0.4, -0.2) is 41.6 Å². The van der Waals surface area contributed by atoms with E-state index in [2.05, 4.69) is 33.4 Å². The fourth-order valence-corrected chi connectivity index (χ4v) is 4.52. The topological polar surface area (TPSA) is 58.6 Å². The summed E-state index contributed by atoms with van der Waals surface area (Å²) in [6.45, 7) is 7.24. The number of esters is 1. The van der Waals surface area contributed by atoms with Crippen LogP contribution >= 0.6 is 15.9 Å². The number of carbonyl (C=O) groups excluding carboxylic acids is 2. The van der Waals surface area contributed by atoms with E-state index >= 15 is 0 Å². The number of hydrogen-bond donors (Lipinski definition) is 1. The van der Waals surface area contributed by atoms with Gasteiger partial charge < -0.3 is 15.0 Å². The highest BCUT2D eigenvalue weighted by Gasteiger charge is 2.32. The number of likely N-dealkylation sites (tertiary alicyclic amines) is 1. The van der Waals surface area contributed by atoms with E-state index in [1.165, 1.54) is 5.56 Å². The van der Waals surface area contributed by atoms with Crippen molar-refractivity contribution in [1.29, 1.82) is 0 Å². The fourth-order valence-electron chi connectivity index (χ4n) is 4.10. The third-order valence-electron chi connectivity index (χ3n) is 5.59. The Bertz CT molecular complexity index is 708. The molecule has 0 radical (unpaired) electrons. The molecule has 1 saturated carbocycles. The second kappa shape index (κ2) is 8.85. The lowest BCUT2D eigenvalue weighted by Gasteiger charge is -2.31. The molecule has 1 unspecified atom stereocenters. The summed E-state index contributed by atoms with van der Waals surface area (Å²) in [7, 11) is 0. The zero-order valence-electron chi connectivity index (χ0n) is 17.0. The zero-order chi connectivity index (χ0) is 20.3. The Kier molecular flexibility index (Phi) is 6.69. The molecule has 1 saturated heterocycles. The number of ether oxygens (including phenoxy) is 1. The highest BCUT2D eigenvalue weighted by atomic mass is 79.9. The van der Waals surface area contributed by atoms with Crippen molar-refractivity contribution in [3.8, 4) is 0 Å². The third kappa shape index (κ3) is 5.72. The predicted molar refractivity (Wildman–Crippen MR) is 113 cm³/mol. The first kappa shape index (κ1) is 21.2. The van der Waals surface area contributed by atoms with Gasteiger partial charge in [0.1, 0.15) is 5.60 Å². The molecule has 1 N–H and O–H groups in total. The number of rotatable bonds is 3. The van der Waals surface area contributed by atoms with Gasteiger partial charge in [0.2, 0.25) is 0 Å². The van der Waals surface area contributed by atoms with Gasteiger partial charge in [-0.3, -0.25) is 4.79 Å². The van der Waals surface area contributed by atoms with Gasteiger partial charge in [-0.1, -0.05) is 28.1 Å². The maximum absolute atomic E-state index is 12.7. The molecular formula is C22H31BrN2O3. The monoisotopic (exact) mass is 450 g/mol. The molecule has 28 heavy (non-hydrogen) atoms. The van der Waals surface area contributed by atoms with E-state index in [4.69, 9.17) is 4.74 Å². The van der Waals surface area contributed by atoms with E-state index in [0.717, 1.165) is 49.7 Å². The molecule has 2 fully saturated rings. The largest absolute Gasteiger partial charge is 0.460 e. The van der Waals surface area contributed by atoms with Crippen LogP contribution in [0.25, 0.3) is 0 Å². The predicted octanol–water partition coefficient (Wildman–Crippen LogP) is 4.85. The molecular weight excluding hydrogens is 420 g/mol. The summed E-state index contributed by atoms with van der Waals surface area (Å²) in [6, 6.07) is 8.52. The minimum atomic E-state index is -0.442. The number of amides is 2. The van der Waals surface area contributed by atoms with Crippen LogP contribution in [0.1, 0.15) is 64.4 Å². The molecule has 0 aromatic heterocycles. The summed E-state index contributed by atoms with van der Waals surface area (Å²) in [5.74, 6) is 0.250. The van der Waals surface area contributed by atoms with Crippen molar-refractivity contribution in [3.63, 3.8) is 0 Å². The number of carbonyl (C=O) groups is 2. The van der Waals surface area contributed by atoms with E-state index in [1.807, 2.05) is 37.8 Å². The molecule has 1 heterocycles. The van der Waals surface area contributed by atoms with E-state index < -0.39 is 5.60 Å². The summed E-state index contributed by atoms with van der Waals surface area (Å²) >= 11 is 3.52. The van der Waals surface area contributed by atoms with E-state index in [-0.39, 0.29) is 24.0 Å². The molecule has 5 nitrogen and oxygen atoms in total. The van der Waals surface area contributed by atoms with Gasteiger partial charge in [0.25, 0.3) is 0 Å². The van der Waals surface area contributed by atoms with Gasteiger partial charge >= 0.3 is 12.0 Å². The number of nitrogens with zero attached hydrogens (tertiary/aromatic N) is 1. The lowest BCUT2D eigenvalue weighted by molar-refractivity contribution is -0.161. The Labute approximate surface area is 176 Å². The molecule has 2 aliphatic rings. The van der Waals surface area contributed by atoms with Gasteiger partial charge in [-0.25, -0.2) is 4.79 Å². The molecule has 0 bridgehead atoms. The van der Waals surface area contributed by atoms with Crippen LogP contribution in [0.2, 0.25) is 0 Å².